The van der Waals surface area contributed by atoms with E-state index in [9.17, 15) is 4.79 Å². The Labute approximate surface area is 75.5 Å². The zero-order valence-electron chi connectivity index (χ0n) is 8.31. The molecule has 3 heteroatoms. The summed E-state index contributed by atoms with van der Waals surface area (Å²) >= 11 is 0. The molecule has 0 saturated heterocycles. The van der Waals surface area contributed by atoms with Crippen LogP contribution in [0.4, 0.5) is 0 Å². The molecule has 0 aliphatic heterocycles. The van der Waals surface area contributed by atoms with Crippen LogP contribution in [0.3, 0.4) is 0 Å². The van der Waals surface area contributed by atoms with Gasteiger partial charge < -0.3 is 11.5 Å². The molecule has 0 radical (unpaired) electrons. The van der Waals surface area contributed by atoms with E-state index in [-0.39, 0.29) is 12.3 Å². The van der Waals surface area contributed by atoms with Gasteiger partial charge in [-0.3, -0.25) is 4.79 Å². The van der Waals surface area contributed by atoms with Crippen molar-refractivity contribution in [3.63, 3.8) is 0 Å². The molecule has 74 valence electrons. The van der Waals surface area contributed by atoms with E-state index < -0.39 is 0 Å². The molecule has 0 bridgehead atoms. The summed E-state index contributed by atoms with van der Waals surface area (Å²) in [5.74, 6) is 0.155. The highest BCUT2D eigenvalue weighted by molar-refractivity contribution is 5.80. The Morgan fingerprint density at radius 1 is 1.17 bits per heavy atom. The van der Waals surface area contributed by atoms with E-state index in [2.05, 4.69) is 6.92 Å². The fourth-order valence-electron chi connectivity index (χ4n) is 0.585. The summed E-state index contributed by atoms with van der Waals surface area (Å²) in [5, 5.41) is 0. The second kappa shape index (κ2) is 13.2. The van der Waals surface area contributed by atoms with E-state index in [1.54, 1.807) is 0 Å². The summed E-state index contributed by atoms with van der Waals surface area (Å²) in [5.41, 5.74) is 10.1. The zero-order valence-corrected chi connectivity index (χ0v) is 8.31. The highest BCUT2D eigenvalue weighted by Crippen LogP contribution is 1.84. The van der Waals surface area contributed by atoms with E-state index in [0.29, 0.717) is 6.42 Å². The Hall–Kier alpha value is -0.410. The van der Waals surface area contributed by atoms with Crippen LogP contribution in [0, 0.1) is 0 Å². The lowest BCUT2D eigenvalue weighted by molar-refractivity contribution is -0.117. The van der Waals surface area contributed by atoms with Crippen molar-refractivity contribution in [1.82, 2.24) is 0 Å². The maximum atomic E-state index is 10.3. The molecule has 12 heavy (non-hydrogen) atoms. The average Bonchev–Trinajstić information content (AvgIpc) is 2.07. The fraction of sp³-hybridized carbons (Fsp3) is 0.889. The van der Waals surface area contributed by atoms with Crippen molar-refractivity contribution in [1.29, 1.82) is 0 Å². The van der Waals surface area contributed by atoms with Crippen LogP contribution in [0.5, 0.6) is 0 Å². The maximum absolute atomic E-state index is 10.3. The molecule has 0 unspecified atom stereocenters. The number of ketones is 1. The number of hydrogen-bond donors (Lipinski definition) is 2. The van der Waals surface area contributed by atoms with Crippen LogP contribution >= 0.6 is 0 Å². The Morgan fingerprint density at radius 2 is 1.75 bits per heavy atom. The Kier molecular flexibility index (Phi) is 15.5. The molecule has 0 aromatic heterocycles. The van der Waals surface area contributed by atoms with E-state index in [0.717, 1.165) is 13.0 Å². The van der Waals surface area contributed by atoms with Gasteiger partial charge in [-0.25, -0.2) is 0 Å². The largest absolute Gasteiger partial charge is 0.330 e. The molecule has 3 nitrogen and oxygen atoms in total. The second-order valence-corrected chi connectivity index (χ2v) is 2.64. The molecular weight excluding hydrogens is 152 g/mol. The normalized spacial score (nSPS) is 8.67. The van der Waals surface area contributed by atoms with Crippen LogP contribution in [0.25, 0.3) is 0 Å². The van der Waals surface area contributed by atoms with Crippen molar-refractivity contribution in [3.05, 3.63) is 0 Å². The van der Waals surface area contributed by atoms with Crippen molar-refractivity contribution in [2.24, 2.45) is 11.5 Å². The minimum atomic E-state index is 0.155. The standard InChI is InChI=1S/C5H11NO.C4H11N/c1-2-3-5(7)4-6;1-2-3-4-5/h2-4,6H2,1H3;2-5H2,1H3. The SMILES string of the molecule is CCCC(=O)CN.CCCCN. The molecular formula is C9H22N2O. The molecule has 0 aliphatic rings. The van der Waals surface area contributed by atoms with Gasteiger partial charge in [0, 0.05) is 6.42 Å². The maximum Gasteiger partial charge on any atom is 0.146 e. The van der Waals surface area contributed by atoms with Gasteiger partial charge in [-0.2, -0.15) is 0 Å². The van der Waals surface area contributed by atoms with Gasteiger partial charge in [0.2, 0.25) is 0 Å². The minimum absolute atomic E-state index is 0.155. The first kappa shape index (κ1) is 14.1. The van der Waals surface area contributed by atoms with Gasteiger partial charge in [0.25, 0.3) is 0 Å². The van der Waals surface area contributed by atoms with Crippen molar-refractivity contribution in [3.8, 4) is 0 Å². The third-order valence-electron chi connectivity index (χ3n) is 1.31. The van der Waals surface area contributed by atoms with Crippen molar-refractivity contribution in [2.75, 3.05) is 13.1 Å². The molecule has 0 saturated carbocycles. The van der Waals surface area contributed by atoms with Gasteiger partial charge in [-0.15, -0.1) is 0 Å². The Balaban J connectivity index is 0. The number of nitrogens with two attached hydrogens (primary N) is 2. The Bertz CT molecular complexity index is 92.5. The topological polar surface area (TPSA) is 69.1 Å². The second-order valence-electron chi connectivity index (χ2n) is 2.64. The third kappa shape index (κ3) is 16.3. The number of hydrogen-bond acceptors (Lipinski definition) is 3. The third-order valence-corrected chi connectivity index (χ3v) is 1.31. The van der Waals surface area contributed by atoms with E-state index in [4.69, 9.17) is 11.5 Å². The van der Waals surface area contributed by atoms with Crippen LogP contribution < -0.4 is 11.5 Å². The van der Waals surface area contributed by atoms with Gasteiger partial charge in [-0.1, -0.05) is 20.3 Å². The lowest BCUT2D eigenvalue weighted by Crippen LogP contribution is -2.12. The molecule has 0 amide bonds. The molecule has 0 aliphatic carbocycles. The van der Waals surface area contributed by atoms with Crippen LogP contribution in [0.2, 0.25) is 0 Å². The molecule has 0 fully saturated rings. The number of unbranched alkanes of at least 4 members (excludes halogenated alkanes) is 1. The van der Waals surface area contributed by atoms with Crippen LogP contribution in [-0.4, -0.2) is 18.9 Å². The summed E-state index contributed by atoms with van der Waals surface area (Å²) in [4.78, 5) is 10.3. The predicted octanol–water partition coefficient (Wildman–Crippen LogP) is 1.06. The van der Waals surface area contributed by atoms with Gasteiger partial charge in [0.05, 0.1) is 6.54 Å². The number of carbonyl (C=O) groups excluding carboxylic acids is 1. The van der Waals surface area contributed by atoms with Crippen molar-refractivity contribution >= 4 is 5.78 Å². The monoisotopic (exact) mass is 174 g/mol. The molecule has 0 atom stereocenters. The van der Waals surface area contributed by atoms with Crippen molar-refractivity contribution in [2.45, 2.75) is 39.5 Å². The van der Waals surface area contributed by atoms with Crippen LogP contribution in [0.15, 0.2) is 0 Å². The number of Topliss-reactive ketones (excluding diaryl/α,β-unsaturated/α-hetero) is 1. The molecule has 0 heterocycles. The molecule has 0 aromatic rings. The van der Waals surface area contributed by atoms with Gasteiger partial charge in [0.1, 0.15) is 5.78 Å². The molecule has 0 rings (SSSR count). The quantitative estimate of drug-likeness (QED) is 0.654. The van der Waals surface area contributed by atoms with Crippen LogP contribution in [-0.2, 0) is 4.79 Å². The molecule has 4 N–H and O–H groups in total. The van der Waals surface area contributed by atoms with E-state index in [1.807, 2.05) is 6.92 Å². The predicted molar refractivity (Wildman–Crippen MR) is 52.9 cm³/mol. The summed E-state index contributed by atoms with van der Waals surface area (Å²) in [7, 11) is 0. The molecule has 0 spiro atoms. The summed E-state index contributed by atoms with van der Waals surface area (Å²) in [6, 6.07) is 0. The lowest BCUT2D eigenvalue weighted by atomic mass is 10.2. The van der Waals surface area contributed by atoms with E-state index in [1.165, 1.54) is 12.8 Å². The average molecular weight is 174 g/mol. The van der Waals surface area contributed by atoms with Gasteiger partial charge in [-0.05, 0) is 19.4 Å². The number of rotatable bonds is 5. The smallest absolute Gasteiger partial charge is 0.146 e. The van der Waals surface area contributed by atoms with Gasteiger partial charge >= 0.3 is 0 Å². The van der Waals surface area contributed by atoms with E-state index >= 15 is 0 Å². The first-order valence-corrected chi connectivity index (χ1v) is 4.64. The van der Waals surface area contributed by atoms with Gasteiger partial charge in [0.15, 0.2) is 0 Å². The fourth-order valence-corrected chi connectivity index (χ4v) is 0.585. The molecule has 0 aromatic carbocycles. The van der Waals surface area contributed by atoms with Crippen molar-refractivity contribution < 1.29 is 4.79 Å². The summed E-state index contributed by atoms with van der Waals surface area (Å²) in [6.07, 6.45) is 3.93. The number of carbonyl (C=O) groups is 1. The minimum Gasteiger partial charge on any atom is -0.330 e. The zero-order chi connectivity index (χ0) is 9.82. The lowest BCUT2D eigenvalue weighted by Gasteiger charge is -1.87. The summed E-state index contributed by atoms with van der Waals surface area (Å²) < 4.78 is 0. The highest BCUT2D eigenvalue weighted by atomic mass is 16.1. The Morgan fingerprint density at radius 3 is 1.83 bits per heavy atom. The first-order chi connectivity index (χ1) is 5.72. The first-order valence-electron chi connectivity index (χ1n) is 4.64. The van der Waals surface area contributed by atoms with Crippen LogP contribution in [0.1, 0.15) is 39.5 Å². The highest BCUT2D eigenvalue weighted by Gasteiger charge is 1.91. The summed E-state index contributed by atoms with van der Waals surface area (Å²) in [6.45, 7) is 5.14.